The topological polar surface area (TPSA) is 103 Å². The Morgan fingerprint density at radius 2 is 2.33 bits per heavy atom. The van der Waals surface area contributed by atoms with Crippen LogP contribution in [0.15, 0.2) is 0 Å². The number of hydrogen-bond acceptors (Lipinski definition) is 5. The van der Waals surface area contributed by atoms with Crippen LogP contribution in [0.3, 0.4) is 0 Å². The molecule has 0 aromatic carbocycles. The van der Waals surface area contributed by atoms with Crippen LogP contribution in [0.2, 0.25) is 0 Å². The van der Waals surface area contributed by atoms with Crippen molar-refractivity contribution in [3.8, 4) is 0 Å². The number of nitrogens with zero attached hydrogens (tertiary/aromatic N) is 3. The molecule has 0 radical (unpaired) electrons. The Labute approximate surface area is 105 Å². The highest BCUT2D eigenvalue weighted by atomic mass is 16.5. The van der Waals surface area contributed by atoms with E-state index in [1.54, 1.807) is 11.8 Å². The number of carbonyl (C=O) groups excluding carboxylic acids is 1. The monoisotopic (exact) mass is 254 g/mol. The van der Waals surface area contributed by atoms with Gasteiger partial charge in [-0.3, -0.25) is 4.79 Å². The lowest BCUT2D eigenvalue weighted by Crippen LogP contribution is -2.21. The van der Waals surface area contributed by atoms with Gasteiger partial charge in [-0.05, 0) is 12.8 Å². The summed E-state index contributed by atoms with van der Waals surface area (Å²) < 4.78 is 6.68. The number of ether oxygens (including phenoxy) is 1. The molecular formula is C11H18N4O3. The highest BCUT2D eigenvalue weighted by molar-refractivity contribution is 5.91. The van der Waals surface area contributed by atoms with Crippen molar-refractivity contribution in [3.05, 3.63) is 11.4 Å². The fraction of sp³-hybridized carbons (Fsp3) is 0.727. The number of amides is 1. The quantitative estimate of drug-likeness (QED) is 0.672. The summed E-state index contributed by atoms with van der Waals surface area (Å²) in [6.07, 6.45) is 2.47. The molecule has 3 N–H and O–H groups in total. The minimum absolute atomic E-state index is 0.0928. The number of aliphatic hydroxyl groups excluding tert-OH is 1. The molecule has 0 atom stereocenters. The molecule has 1 aliphatic rings. The van der Waals surface area contributed by atoms with Crippen molar-refractivity contribution in [3.63, 3.8) is 0 Å². The molecule has 1 amide bonds. The van der Waals surface area contributed by atoms with E-state index in [2.05, 4.69) is 10.3 Å². The van der Waals surface area contributed by atoms with Gasteiger partial charge in [0.2, 0.25) is 0 Å². The van der Waals surface area contributed by atoms with Crippen LogP contribution in [0.25, 0.3) is 0 Å². The van der Waals surface area contributed by atoms with Gasteiger partial charge >= 0.3 is 0 Å². The van der Waals surface area contributed by atoms with Gasteiger partial charge in [0.05, 0.1) is 25.5 Å². The number of rotatable bonds is 7. The third-order valence-electron chi connectivity index (χ3n) is 3.39. The second-order valence-corrected chi connectivity index (χ2v) is 4.81. The van der Waals surface area contributed by atoms with Crippen LogP contribution in [0, 0.1) is 5.41 Å². The van der Waals surface area contributed by atoms with Crippen molar-refractivity contribution in [1.82, 2.24) is 15.0 Å². The second-order valence-electron chi connectivity index (χ2n) is 4.81. The van der Waals surface area contributed by atoms with E-state index >= 15 is 0 Å². The first kappa shape index (κ1) is 13.0. The predicted octanol–water partition coefficient (Wildman–Crippen LogP) is -0.662. The van der Waals surface area contributed by atoms with Crippen molar-refractivity contribution in [1.29, 1.82) is 0 Å². The first-order chi connectivity index (χ1) is 8.62. The lowest BCUT2D eigenvalue weighted by Gasteiger charge is -2.13. The number of aliphatic hydroxyl groups is 1. The number of primary amides is 1. The molecule has 7 heteroatoms. The molecule has 1 aliphatic carbocycles. The van der Waals surface area contributed by atoms with Crippen molar-refractivity contribution in [2.75, 3.05) is 20.3 Å². The summed E-state index contributed by atoms with van der Waals surface area (Å²) in [5.74, 6) is -0.582. The summed E-state index contributed by atoms with van der Waals surface area (Å²) >= 11 is 0. The van der Waals surface area contributed by atoms with Crippen molar-refractivity contribution < 1.29 is 14.6 Å². The van der Waals surface area contributed by atoms with Crippen molar-refractivity contribution in [2.45, 2.75) is 25.8 Å². The average molecular weight is 254 g/mol. The highest BCUT2D eigenvalue weighted by Gasteiger charge is 2.43. The van der Waals surface area contributed by atoms with E-state index in [0.717, 1.165) is 12.8 Å². The Kier molecular flexibility index (Phi) is 3.63. The van der Waals surface area contributed by atoms with Gasteiger partial charge in [-0.25, -0.2) is 4.68 Å². The normalized spacial score (nSPS) is 16.8. The van der Waals surface area contributed by atoms with E-state index < -0.39 is 5.91 Å². The number of hydrogen-bond donors (Lipinski definition) is 2. The predicted molar refractivity (Wildman–Crippen MR) is 62.9 cm³/mol. The minimum atomic E-state index is -0.582. The molecule has 0 aliphatic heterocycles. The molecule has 0 spiro atoms. The Hall–Kier alpha value is -1.47. The zero-order chi connectivity index (χ0) is 13.2. The summed E-state index contributed by atoms with van der Waals surface area (Å²) in [6.45, 7) is 1.17. The van der Waals surface area contributed by atoms with E-state index in [1.165, 1.54) is 0 Å². The van der Waals surface area contributed by atoms with Gasteiger partial charge in [-0.2, -0.15) is 0 Å². The fourth-order valence-corrected chi connectivity index (χ4v) is 1.96. The average Bonchev–Trinajstić information content (AvgIpc) is 3.01. The maximum atomic E-state index is 11.3. The molecule has 0 unspecified atom stereocenters. The number of methoxy groups -OCH3 is 1. The molecule has 0 bridgehead atoms. The molecular weight excluding hydrogens is 236 g/mol. The maximum Gasteiger partial charge on any atom is 0.271 e. The van der Waals surface area contributed by atoms with Crippen LogP contribution in [0.5, 0.6) is 0 Å². The molecule has 18 heavy (non-hydrogen) atoms. The lowest BCUT2D eigenvalue weighted by atomic mass is 10.1. The largest absolute Gasteiger partial charge is 0.396 e. The van der Waals surface area contributed by atoms with Crippen LogP contribution in [0.4, 0.5) is 0 Å². The van der Waals surface area contributed by atoms with Gasteiger partial charge in [0.25, 0.3) is 5.91 Å². The Morgan fingerprint density at radius 1 is 1.61 bits per heavy atom. The second kappa shape index (κ2) is 5.03. The van der Waals surface area contributed by atoms with Gasteiger partial charge in [0.15, 0.2) is 5.69 Å². The number of nitrogens with two attached hydrogens (primary N) is 1. The van der Waals surface area contributed by atoms with E-state index in [0.29, 0.717) is 25.3 Å². The number of carbonyl (C=O) groups is 1. The molecule has 1 aromatic rings. The van der Waals surface area contributed by atoms with Crippen LogP contribution < -0.4 is 5.73 Å². The standard InChI is InChI=1S/C11H18N4O3/c1-18-5-2-8-9(10(12)17)13-14-15(8)6-11(7-16)3-4-11/h16H,2-7H2,1H3,(H2,12,17). The molecule has 1 fully saturated rings. The van der Waals surface area contributed by atoms with Gasteiger partial charge < -0.3 is 15.6 Å². The van der Waals surface area contributed by atoms with Gasteiger partial charge in [-0.1, -0.05) is 5.21 Å². The van der Waals surface area contributed by atoms with Crippen LogP contribution >= 0.6 is 0 Å². The van der Waals surface area contributed by atoms with Crippen LogP contribution in [-0.4, -0.2) is 46.3 Å². The van der Waals surface area contributed by atoms with Gasteiger partial charge in [-0.15, -0.1) is 5.10 Å². The summed E-state index contributed by atoms with van der Waals surface area (Å²) in [4.78, 5) is 11.3. The van der Waals surface area contributed by atoms with E-state index in [4.69, 9.17) is 10.5 Å². The maximum absolute atomic E-state index is 11.3. The molecule has 100 valence electrons. The summed E-state index contributed by atoms with van der Waals surface area (Å²) in [6, 6.07) is 0. The Morgan fingerprint density at radius 3 is 2.83 bits per heavy atom. The van der Waals surface area contributed by atoms with Gasteiger partial charge in [0, 0.05) is 18.9 Å². The van der Waals surface area contributed by atoms with Crippen LogP contribution in [-0.2, 0) is 17.7 Å². The third-order valence-corrected chi connectivity index (χ3v) is 3.39. The summed E-state index contributed by atoms with van der Waals surface area (Å²) in [5, 5.41) is 17.1. The van der Waals surface area contributed by atoms with Gasteiger partial charge in [0.1, 0.15) is 0 Å². The SMILES string of the molecule is COCCc1c(C(N)=O)nnn1CC1(CO)CC1. The van der Waals surface area contributed by atoms with Crippen molar-refractivity contribution >= 4 is 5.91 Å². The zero-order valence-electron chi connectivity index (χ0n) is 10.4. The highest BCUT2D eigenvalue weighted by Crippen LogP contribution is 2.46. The first-order valence-corrected chi connectivity index (χ1v) is 5.94. The molecule has 1 heterocycles. The van der Waals surface area contributed by atoms with Crippen molar-refractivity contribution in [2.24, 2.45) is 11.1 Å². The molecule has 2 rings (SSSR count). The lowest BCUT2D eigenvalue weighted by molar-refractivity contribution is 0.0994. The first-order valence-electron chi connectivity index (χ1n) is 5.94. The zero-order valence-corrected chi connectivity index (χ0v) is 10.4. The van der Waals surface area contributed by atoms with Crippen LogP contribution in [0.1, 0.15) is 29.0 Å². The minimum Gasteiger partial charge on any atom is -0.396 e. The summed E-state index contributed by atoms with van der Waals surface area (Å²) in [7, 11) is 1.59. The number of aromatic nitrogens is 3. The fourth-order valence-electron chi connectivity index (χ4n) is 1.96. The van der Waals surface area contributed by atoms with E-state index in [-0.39, 0.29) is 17.7 Å². The molecule has 1 aromatic heterocycles. The molecule has 7 nitrogen and oxygen atoms in total. The molecule has 1 saturated carbocycles. The van der Waals surface area contributed by atoms with E-state index in [1.807, 2.05) is 0 Å². The smallest absolute Gasteiger partial charge is 0.271 e. The summed E-state index contributed by atoms with van der Waals surface area (Å²) in [5.41, 5.74) is 6.05. The van der Waals surface area contributed by atoms with E-state index in [9.17, 15) is 9.90 Å². The Balaban J connectivity index is 2.20. The molecule has 0 saturated heterocycles. The third kappa shape index (κ3) is 2.51. The Bertz CT molecular complexity index is 439.